The number of aryl methyl sites for hydroxylation is 1. The Morgan fingerprint density at radius 3 is 2.61 bits per heavy atom. The lowest BCUT2D eigenvalue weighted by molar-refractivity contribution is 0.414. The van der Waals surface area contributed by atoms with Gasteiger partial charge in [0, 0.05) is 12.0 Å². The Kier molecular flexibility index (Phi) is 4.75. The smallest absolute Gasteiger partial charge is 0.296 e. The number of para-hydroxylation sites is 1. The van der Waals surface area contributed by atoms with E-state index in [9.17, 15) is 9.59 Å². The van der Waals surface area contributed by atoms with Crippen molar-refractivity contribution >= 4 is 22.4 Å². The van der Waals surface area contributed by atoms with Crippen molar-refractivity contribution in [2.75, 3.05) is 7.11 Å². The number of rotatable bonds is 4. The Labute approximate surface area is 164 Å². The summed E-state index contributed by atoms with van der Waals surface area (Å²) in [5.74, 6) is 0.662. The molecule has 4 aromatic rings. The number of thiazole rings is 1. The maximum atomic E-state index is 12.8. The first-order valence-electron chi connectivity index (χ1n) is 8.68. The zero-order chi connectivity index (χ0) is 19.7. The molecule has 0 amide bonds. The van der Waals surface area contributed by atoms with Crippen molar-refractivity contribution in [2.24, 2.45) is 0 Å². The number of aromatic nitrogens is 3. The second kappa shape index (κ2) is 7.36. The van der Waals surface area contributed by atoms with Crippen LogP contribution in [-0.2, 0) is 6.42 Å². The van der Waals surface area contributed by atoms with Gasteiger partial charge in [-0.1, -0.05) is 59.4 Å². The van der Waals surface area contributed by atoms with Crippen LogP contribution < -0.4 is 20.4 Å². The van der Waals surface area contributed by atoms with Gasteiger partial charge < -0.3 is 4.74 Å². The fraction of sp³-hybridized carbons (Fsp3) is 0.143. The highest BCUT2D eigenvalue weighted by molar-refractivity contribution is 7.15. The predicted molar refractivity (Wildman–Crippen MR) is 109 cm³/mol. The van der Waals surface area contributed by atoms with E-state index in [1.54, 1.807) is 13.2 Å². The monoisotopic (exact) mass is 391 g/mol. The van der Waals surface area contributed by atoms with E-state index in [0.29, 0.717) is 16.7 Å². The topological polar surface area (TPSA) is 73.6 Å². The number of ether oxygens (including phenoxy) is 1. The summed E-state index contributed by atoms with van der Waals surface area (Å²) in [6.45, 7) is 2.00. The van der Waals surface area contributed by atoms with Gasteiger partial charge >= 0.3 is 0 Å². The number of nitrogens with zero attached hydrogens (tertiary/aromatic N) is 3. The number of hydrogen-bond donors (Lipinski definition) is 0. The van der Waals surface area contributed by atoms with Gasteiger partial charge in [-0.25, -0.2) is 0 Å². The van der Waals surface area contributed by atoms with Crippen molar-refractivity contribution in [3.05, 3.63) is 96.2 Å². The second-order valence-electron chi connectivity index (χ2n) is 6.38. The summed E-state index contributed by atoms with van der Waals surface area (Å²) in [5.41, 5.74) is 2.39. The molecule has 2 heterocycles. The van der Waals surface area contributed by atoms with Crippen molar-refractivity contribution < 1.29 is 4.74 Å². The fourth-order valence-electron chi connectivity index (χ4n) is 2.88. The molecular formula is C21H17N3O3S. The highest BCUT2D eigenvalue weighted by Crippen LogP contribution is 2.17. The quantitative estimate of drug-likeness (QED) is 0.532. The molecule has 7 heteroatoms. The van der Waals surface area contributed by atoms with Gasteiger partial charge in [-0.3, -0.25) is 9.59 Å². The van der Waals surface area contributed by atoms with Crippen LogP contribution in [0, 0.1) is 6.92 Å². The van der Waals surface area contributed by atoms with E-state index in [-0.39, 0.29) is 16.2 Å². The van der Waals surface area contributed by atoms with Crippen molar-refractivity contribution in [1.29, 1.82) is 0 Å². The molecule has 6 nitrogen and oxygen atoms in total. The van der Waals surface area contributed by atoms with Crippen LogP contribution in [0.5, 0.6) is 5.75 Å². The van der Waals surface area contributed by atoms with Crippen molar-refractivity contribution in [3.8, 4) is 5.75 Å². The molecule has 0 bridgehead atoms. The number of fused-ring (bicyclic) bond motifs is 1. The third kappa shape index (κ3) is 3.44. The third-order valence-electron chi connectivity index (χ3n) is 4.37. The van der Waals surface area contributed by atoms with Crippen LogP contribution in [0.2, 0.25) is 0 Å². The minimum Gasteiger partial charge on any atom is -0.496 e. The number of benzene rings is 2. The Morgan fingerprint density at radius 2 is 1.86 bits per heavy atom. The first kappa shape index (κ1) is 18.1. The third-order valence-corrected chi connectivity index (χ3v) is 5.33. The van der Waals surface area contributed by atoms with Crippen LogP contribution in [0.25, 0.3) is 11.0 Å². The van der Waals surface area contributed by atoms with E-state index in [2.05, 4.69) is 10.1 Å². The minimum atomic E-state index is -0.411. The molecule has 0 fully saturated rings. The van der Waals surface area contributed by atoms with E-state index in [1.165, 1.54) is 4.52 Å². The van der Waals surface area contributed by atoms with E-state index < -0.39 is 5.56 Å². The standard InChI is InChI=1S/C21H17N3O3S/c1-13-7-9-14(10-8-13)11-16-19(25)22-21-24(23-16)20(26)18(28-21)12-15-5-3-4-6-17(15)27-2/h3-10,12H,11H2,1-2H3/b18-12-. The lowest BCUT2D eigenvalue weighted by Crippen LogP contribution is -2.28. The molecule has 0 aliphatic rings. The average Bonchev–Trinajstić information content (AvgIpc) is 2.99. The van der Waals surface area contributed by atoms with Gasteiger partial charge in [-0.15, -0.1) is 0 Å². The summed E-state index contributed by atoms with van der Waals surface area (Å²) < 4.78 is 6.97. The lowest BCUT2D eigenvalue weighted by Gasteiger charge is -2.02. The lowest BCUT2D eigenvalue weighted by atomic mass is 10.1. The van der Waals surface area contributed by atoms with Gasteiger partial charge in [0.1, 0.15) is 11.4 Å². The Hall–Kier alpha value is -3.32. The van der Waals surface area contributed by atoms with Gasteiger partial charge in [0.2, 0.25) is 4.96 Å². The zero-order valence-corrected chi connectivity index (χ0v) is 16.2. The van der Waals surface area contributed by atoms with Gasteiger partial charge in [0.25, 0.3) is 11.1 Å². The normalized spacial score (nSPS) is 11.9. The Bertz CT molecular complexity index is 1320. The zero-order valence-electron chi connectivity index (χ0n) is 15.4. The molecule has 0 spiro atoms. The second-order valence-corrected chi connectivity index (χ2v) is 7.39. The molecule has 2 aromatic carbocycles. The largest absolute Gasteiger partial charge is 0.496 e. The maximum Gasteiger partial charge on any atom is 0.296 e. The molecular weight excluding hydrogens is 374 g/mol. The molecule has 0 aliphatic carbocycles. The Balaban J connectivity index is 1.81. The SMILES string of the molecule is COc1ccccc1/C=c1\sc2nc(=O)c(Cc3ccc(C)cc3)nn2c1=O. The number of hydrogen-bond acceptors (Lipinski definition) is 6. The summed E-state index contributed by atoms with van der Waals surface area (Å²) in [6.07, 6.45) is 2.06. The molecule has 4 rings (SSSR count). The van der Waals surface area contributed by atoms with Crippen LogP contribution in [0.4, 0.5) is 0 Å². The molecule has 0 saturated heterocycles. The Morgan fingerprint density at radius 1 is 1.11 bits per heavy atom. The summed E-state index contributed by atoms with van der Waals surface area (Å²) in [5, 5.41) is 4.29. The maximum absolute atomic E-state index is 12.8. The first-order chi connectivity index (χ1) is 13.5. The van der Waals surface area contributed by atoms with Crippen LogP contribution >= 0.6 is 11.3 Å². The van der Waals surface area contributed by atoms with E-state index in [1.807, 2.05) is 55.5 Å². The molecule has 0 radical (unpaired) electrons. The van der Waals surface area contributed by atoms with Crippen LogP contribution in [0.1, 0.15) is 22.4 Å². The number of methoxy groups -OCH3 is 1. The summed E-state index contributed by atoms with van der Waals surface area (Å²) in [6, 6.07) is 15.2. The molecule has 0 atom stereocenters. The molecule has 0 unspecified atom stereocenters. The highest BCUT2D eigenvalue weighted by Gasteiger charge is 2.12. The molecule has 0 saturated carbocycles. The molecule has 28 heavy (non-hydrogen) atoms. The van der Waals surface area contributed by atoms with Gasteiger partial charge in [-0.2, -0.15) is 14.6 Å². The average molecular weight is 391 g/mol. The summed E-state index contributed by atoms with van der Waals surface area (Å²) >= 11 is 1.13. The van der Waals surface area contributed by atoms with Crippen molar-refractivity contribution in [1.82, 2.24) is 14.6 Å². The van der Waals surface area contributed by atoms with Crippen molar-refractivity contribution in [2.45, 2.75) is 13.3 Å². The van der Waals surface area contributed by atoms with E-state index in [4.69, 9.17) is 4.74 Å². The van der Waals surface area contributed by atoms with E-state index >= 15 is 0 Å². The van der Waals surface area contributed by atoms with Crippen molar-refractivity contribution in [3.63, 3.8) is 0 Å². The molecule has 0 aliphatic heterocycles. The highest BCUT2D eigenvalue weighted by atomic mass is 32.1. The van der Waals surface area contributed by atoms with Crippen LogP contribution in [0.3, 0.4) is 0 Å². The first-order valence-corrected chi connectivity index (χ1v) is 9.50. The van der Waals surface area contributed by atoms with E-state index in [0.717, 1.165) is 28.0 Å². The molecule has 140 valence electrons. The van der Waals surface area contributed by atoms with Crippen LogP contribution in [0.15, 0.2) is 58.1 Å². The summed E-state index contributed by atoms with van der Waals surface area (Å²) in [7, 11) is 1.58. The minimum absolute atomic E-state index is 0.250. The van der Waals surface area contributed by atoms with Gasteiger partial charge in [0.05, 0.1) is 11.6 Å². The molecule has 0 N–H and O–H groups in total. The predicted octanol–water partition coefficient (Wildman–Crippen LogP) is 1.97. The fourth-order valence-corrected chi connectivity index (χ4v) is 3.77. The van der Waals surface area contributed by atoms with Crippen LogP contribution in [-0.4, -0.2) is 21.7 Å². The summed E-state index contributed by atoms with van der Waals surface area (Å²) in [4.78, 5) is 29.5. The molecule has 2 aromatic heterocycles. The van der Waals surface area contributed by atoms with Gasteiger partial charge in [-0.05, 0) is 24.6 Å². The van der Waals surface area contributed by atoms with Gasteiger partial charge in [0.15, 0.2) is 0 Å².